The Morgan fingerprint density at radius 2 is 0.780 bits per heavy atom. The first-order chi connectivity index (χ1) is 23.4. The molecule has 0 amide bonds. The molecule has 0 saturated carbocycles. The lowest BCUT2D eigenvalue weighted by Gasteiger charge is -2.36. The van der Waals surface area contributed by atoms with E-state index in [4.69, 9.17) is 4.52 Å². The van der Waals surface area contributed by atoms with Crippen molar-refractivity contribution in [3.8, 4) is 0 Å². The van der Waals surface area contributed by atoms with E-state index in [1.807, 2.05) is 26.0 Å². The normalized spacial score (nSPS) is 16.0. The van der Waals surface area contributed by atoms with Gasteiger partial charge in [-0.2, -0.15) is 0 Å². The van der Waals surface area contributed by atoms with Gasteiger partial charge in [0.25, 0.3) is 0 Å². The summed E-state index contributed by atoms with van der Waals surface area (Å²) in [6.07, 6.45) is 27.8. The van der Waals surface area contributed by atoms with Gasteiger partial charge >= 0.3 is 7.82 Å². The second-order valence-electron chi connectivity index (χ2n) is 14.9. The van der Waals surface area contributed by atoms with Crippen molar-refractivity contribution in [3.63, 3.8) is 0 Å². The van der Waals surface area contributed by atoms with Crippen molar-refractivity contribution in [1.29, 1.82) is 0 Å². The van der Waals surface area contributed by atoms with Gasteiger partial charge in [0.15, 0.2) is 0 Å². The van der Waals surface area contributed by atoms with Crippen LogP contribution in [0.25, 0.3) is 0 Å². The fourth-order valence-electron chi connectivity index (χ4n) is 5.56. The fourth-order valence-corrected chi connectivity index (χ4v) is 6.31. The van der Waals surface area contributed by atoms with Crippen molar-refractivity contribution in [2.24, 2.45) is 0 Å². The predicted octanol–water partition coefficient (Wildman–Crippen LogP) is 12.3. The Bertz CT molecular complexity index is 1200. The van der Waals surface area contributed by atoms with Gasteiger partial charge < -0.3 is 20.0 Å². The van der Waals surface area contributed by atoms with E-state index in [-0.39, 0.29) is 12.8 Å². The van der Waals surface area contributed by atoms with E-state index in [1.165, 1.54) is 33.4 Å². The second kappa shape index (κ2) is 26.7. The lowest BCUT2D eigenvalue weighted by atomic mass is 9.87. The highest BCUT2D eigenvalue weighted by Crippen LogP contribution is 2.46. The van der Waals surface area contributed by atoms with E-state index in [0.717, 1.165) is 88.2 Å². The van der Waals surface area contributed by atoms with Gasteiger partial charge in [0.2, 0.25) is 0 Å². The third-order valence-corrected chi connectivity index (χ3v) is 9.58. The van der Waals surface area contributed by atoms with Crippen LogP contribution in [0.3, 0.4) is 0 Å². The molecule has 0 spiro atoms. The van der Waals surface area contributed by atoms with Crippen molar-refractivity contribution in [2.75, 3.05) is 6.61 Å². The first kappa shape index (κ1) is 48.0. The van der Waals surface area contributed by atoms with Crippen LogP contribution in [0, 0.1) is 0 Å². The van der Waals surface area contributed by atoms with Crippen LogP contribution in [0.4, 0.5) is 0 Å². The Morgan fingerprint density at radius 1 is 0.520 bits per heavy atom. The standard InChI is InChI=1S/C43H73O6P/c1-34(2)17-11-19-36(5)21-13-23-38(7)25-15-27-40(9)29-31-43(42(45)33-44,49-50(46,47)48)32-30-41(10)28-16-26-39(8)24-14-22-37(6)20-12-18-35(3)4/h17-18,21-22,25-26,29-30,42,44-45H,11-16,19-20,23-24,27-28,31-33H2,1-10H3,(H2,46,47,48). The molecule has 0 aromatic heterocycles. The molecular weight excluding hydrogens is 643 g/mol. The van der Waals surface area contributed by atoms with Gasteiger partial charge in [-0.15, -0.1) is 0 Å². The summed E-state index contributed by atoms with van der Waals surface area (Å²) in [6.45, 7) is 20.5. The minimum absolute atomic E-state index is 0.0647. The van der Waals surface area contributed by atoms with Gasteiger partial charge in [-0.05, 0) is 159 Å². The molecule has 6 nitrogen and oxygen atoms in total. The van der Waals surface area contributed by atoms with Crippen LogP contribution in [0.5, 0.6) is 0 Å². The van der Waals surface area contributed by atoms with Crippen molar-refractivity contribution in [1.82, 2.24) is 0 Å². The van der Waals surface area contributed by atoms with Gasteiger partial charge in [0, 0.05) is 0 Å². The summed E-state index contributed by atoms with van der Waals surface area (Å²) < 4.78 is 17.4. The summed E-state index contributed by atoms with van der Waals surface area (Å²) >= 11 is 0. The first-order valence-corrected chi connectivity index (χ1v) is 20.2. The van der Waals surface area contributed by atoms with E-state index in [1.54, 1.807) is 0 Å². The van der Waals surface area contributed by atoms with E-state index in [0.29, 0.717) is 0 Å². The Labute approximate surface area is 306 Å². The van der Waals surface area contributed by atoms with Crippen LogP contribution in [-0.4, -0.2) is 38.3 Å². The lowest BCUT2D eigenvalue weighted by molar-refractivity contribution is -0.0854. The van der Waals surface area contributed by atoms with Crippen molar-refractivity contribution < 1.29 is 29.1 Å². The number of phosphoric acid groups is 1. The van der Waals surface area contributed by atoms with Crippen LogP contribution in [0.15, 0.2) is 93.2 Å². The molecule has 0 aromatic rings. The average Bonchev–Trinajstić information content (AvgIpc) is 3.01. The highest BCUT2D eigenvalue weighted by molar-refractivity contribution is 7.46. The van der Waals surface area contributed by atoms with Crippen LogP contribution >= 0.6 is 7.82 Å². The van der Waals surface area contributed by atoms with Crippen LogP contribution in [0.1, 0.15) is 159 Å². The third kappa shape index (κ3) is 25.8. The zero-order chi connectivity index (χ0) is 38.2. The molecule has 50 heavy (non-hydrogen) atoms. The molecule has 0 heterocycles. The second-order valence-corrected chi connectivity index (χ2v) is 16.0. The van der Waals surface area contributed by atoms with E-state index >= 15 is 0 Å². The molecule has 0 aliphatic rings. The number of allylic oxidation sites excluding steroid dienone is 14. The molecule has 0 aliphatic carbocycles. The molecule has 0 radical (unpaired) electrons. The number of hydrogen-bond acceptors (Lipinski definition) is 4. The van der Waals surface area contributed by atoms with E-state index in [9.17, 15) is 24.6 Å². The van der Waals surface area contributed by atoms with Gasteiger partial charge in [0.1, 0.15) is 11.7 Å². The first-order valence-electron chi connectivity index (χ1n) is 18.6. The average molecular weight is 717 g/mol. The zero-order valence-corrected chi connectivity index (χ0v) is 34.2. The van der Waals surface area contributed by atoms with Gasteiger partial charge in [-0.1, -0.05) is 93.2 Å². The van der Waals surface area contributed by atoms with Gasteiger partial charge in [-0.25, -0.2) is 4.57 Å². The number of aliphatic hydroxyl groups excluding tert-OH is 2. The highest BCUT2D eigenvalue weighted by atomic mass is 31.2. The van der Waals surface area contributed by atoms with Gasteiger partial charge in [-0.3, -0.25) is 4.52 Å². The number of aliphatic hydroxyl groups is 2. The van der Waals surface area contributed by atoms with Crippen molar-refractivity contribution >= 4 is 7.82 Å². The topological polar surface area (TPSA) is 107 Å². The maximum atomic E-state index is 12.1. The maximum absolute atomic E-state index is 12.1. The molecule has 0 aliphatic heterocycles. The number of hydrogen-bond donors (Lipinski definition) is 4. The van der Waals surface area contributed by atoms with Crippen LogP contribution in [-0.2, 0) is 9.09 Å². The molecule has 0 saturated heterocycles. The molecule has 0 aromatic carbocycles. The predicted molar refractivity (Wildman–Crippen MR) is 215 cm³/mol. The van der Waals surface area contributed by atoms with E-state index < -0.39 is 26.1 Å². The summed E-state index contributed by atoms with van der Waals surface area (Å²) in [5, 5.41) is 20.7. The summed E-state index contributed by atoms with van der Waals surface area (Å²) in [6, 6.07) is 0. The number of phosphoric ester groups is 1. The summed E-state index contributed by atoms with van der Waals surface area (Å²) in [5.41, 5.74) is 8.66. The molecule has 0 rings (SSSR count). The maximum Gasteiger partial charge on any atom is 0.470 e. The third-order valence-electron chi connectivity index (χ3n) is 8.98. The zero-order valence-electron chi connectivity index (χ0n) is 33.4. The van der Waals surface area contributed by atoms with Gasteiger partial charge in [0.05, 0.1) is 6.61 Å². The molecular formula is C43H73O6P. The Balaban J connectivity index is 5.33. The van der Waals surface area contributed by atoms with Crippen LogP contribution < -0.4 is 0 Å². The molecule has 286 valence electrons. The fraction of sp³-hybridized carbons (Fsp3) is 0.628. The Morgan fingerprint density at radius 3 is 1.02 bits per heavy atom. The Hall–Kier alpha value is -2.05. The largest absolute Gasteiger partial charge is 0.470 e. The SMILES string of the molecule is CC(C)=CCCC(C)=CCCC(C)=CCCC(C)=CCC(CC=C(C)CCC=C(C)CCC=C(C)CCC=C(C)C)(OP(=O)(O)O)C(O)CO. The minimum atomic E-state index is -4.96. The smallest absolute Gasteiger partial charge is 0.394 e. The monoisotopic (exact) mass is 717 g/mol. The molecule has 7 heteroatoms. The molecule has 0 fully saturated rings. The molecule has 0 bridgehead atoms. The molecule has 4 N–H and O–H groups in total. The highest BCUT2D eigenvalue weighted by Gasteiger charge is 2.42. The van der Waals surface area contributed by atoms with E-state index in [2.05, 4.69) is 91.8 Å². The molecule has 1 unspecified atom stereocenters. The van der Waals surface area contributed by atoms with Crippen molar-refractivity contribution in [3.05, 3.63) is 93.2 Å². The van der Waals surface area contributed by atoms with Crippen molar-refractivity contribution in [2.45, 2.75) is 171 Å². The quantitative estimate of drug-likeness (QED) is 0.0524. The number of rotatable bonds is 26. The summed E-state index contributed by atoms with van der Waals surface area (Å²) in [7, 11) is -4.96. The van der Waals surface area contributed by atoms with Crippen LogP contribution in [0.2, 0.25) is 0 Å². The Kier molecular flexibility index (Phi) is 25.6. The summed E-state index contributed by atoms with van der Waals surface area (Å²) in [4.78, 5) is 19.6. The summed E-state index contributed by atoms with van der Waals surface area (Å²) in [5.74, 6) is 0. The molecule has 1 atom stereocenters. The lowest BCUT2D eigenvalue weighted by Crippen LogP contribution is -2.46. The minimum Gasteiger partial charge on any atom is -0.394 e.